The number of phenols is 1. The van der Waals surface area contributed by atoms with Crippen molar-refractivity contribution in [3.8, 4) is 5.75 Å². The third-order valence-electron chi connectivity index (χ3n) is 4.16. The summed E-state index contributed by atoms with van der Waals surface area (Å²) >= 11 is 0. The maximum absolute atomic E-state index is 14.6. The predicted octanol–water partition coefficient (Wildman–Crippen LogP) is 2.77. The van der Waals surface area contributed by atoms with Crippen LogP contribution in [-0.4, -0.2) is 24.1 Å². The third-order valence-corrected chi connectivity index (χ3v) is 4.16. The molecule has 120 valence electrons. The van der Waals surface area contributed by atoms with Gasteiger partial charge in [-0.3, -0.25) is 4.79 Å². The Kier molecular flexibility index (Phi) is 4.30. The van der Waals surface area contributed by atoms with Gasteiger partial charge in [0, 0.05) is 19.4 Å². The maximum Gasteiger partial charge on any atom is 0.221 e. The van der Waals surface area contributed by atoms with Gasteiger partial charge >= 0.3 is 0 Å². The molecule has 0 radical (unpaired) electrons. The summed E-state index contributed by atoms with van der Waals surface area (Å²) in [6, 6.07) is 11.5. The molecule has 3 N–H and O–H groups in total. The lowest BCUT2D eigenvalue weighted by Crippen LogP contribution is -2.20. The first-order valence-electron chi connectivity index (χ1n) is 7.65. The summed E-state index contributed by atoms with van der Waals surface area (Å²) < 4.78 is 14.6. The van der Waals surface area contributed by atoms with Crippen LogP contribution in [0.1, 0.15) is 29.5 Å². The van der Waals surface area contributed by atoms with Gasteiger partial charge in [-0.1, -0.05) is 30.3 Å². The van der Waals surface area contributed by atoms with Crippen LogP contribution in [0.4, 0.5) is 10.1 Å². The molecule has 0 fully saturated rings. The lowest BCUT2D eigenvalue weighted by atomic mass is 9.87. The van der Waals surface area contributed by atoms with Crippen molar-refractivity contribution < 1.29 is 14.3 Å². The smallest absolute Gasteiger partial charge is 0.221 e. The Hall–Kier alpha value is -2.40. The van der Waals surface area contributed by atoms with Crippen molar-refractivity contribution in [3.63, 3.8) is 0 Å². The lowest BCUT2D eigenvalue weighted by Gasteiger charge is -2.20. The van der Waals surface area contributed by atoms with Gasteiger partial charge in [0.25, 0.3) is 0 Å². The van der Waals surface area contributed by atoms with E-state index in [2.05, 4.69) is 10.6 Å². The number of rotatable bonds is 2. The molecule has 5 heteroatoms. The molecule has 1 aliphatic rings. The van der Waals surface area contributed by atoms with E-state index in [0.29, 0.717) is 25.1 Å². The van der Waals surface area contributed by atoms with Gasteiger partial charge in [-0.2, -0.15) is 0 Å². The van der Waals surface area contributed by atoms with Crippen LogP contribution in [0.25, 0.3) is 0 Å². The standard InChI is InChI=1S/C18H19FN2O2/c1-11(22)21-16-9-14-13(17(19)18(16)23)7-8-20-10-15(14)12-5-3-2-4-6-12/h2-6,9,15,20,23H,7-8,10H2,1H3,(H,21,22). The molecule has 1 unspecified atom stereocenters. The molecule has 2 aromatic carbocycles. The number of amides is 1. The van der Waals surface area contributed by atoms with Gasteiger partial charge in [0.05, 0.1) is 5.69 Å². The summed E-state index contributed by atoms with van der Waals surface area (Å²) in [5, 5.41) is 15.9. The van der Waals surface area contributed by atoms with E-state index >= 15 is 0 Å². The molecule has 4 nitrogen and oxygen atoms in total. The van der Waals surface area contributed by atoms with Crippen molar-refractivity contribution in [3.05, 3.63) is 58.9 Å². The molecule has 0 bridgehead atoms. The molecular weight excluding hydrogens is 295 g/mol. The molecule has 0 aliphatic carbocycles. The molecule has 23 heavy (non-hydrogen) atoms. The second-order valence-corrected chi connectivity index (χ2v) is 5.75. The number of carbonyl (C=O) groups excluding carboxylic acids is 1. The zero-order valence-electron chi connectivity index (χ0n) is 12.9. The lowest BCUT2D eigenvalue weighted by molar-refractivity contribution is -0.114. The summed E-state index contributed by atoms with van der Waals surface area (Å²) in [5.74, 6) is -1.51. The minimum Gasteiger partial charge on any atom is -0.503 e. The predicted molar refractivity (Wildman–Crippen MR) is 87.2 cm³/mol. The molecule has 0 aromatic heterocycles. The number of fused-ring (bicyclic) bond motifs is 1. The minimum absolute atomic E-state index is 0.0312. The zero-order valence-corrected chi connectivity index (χ0v) is 12.9. The van der Waals surface area contributed by atoms with Crippen LogP contribution >= 0.6 is 0 Å². The van der Waals surface area contributed by atoms with Gasteiger partial charge in [0.2, 0.25) is 5.91 Å². The van der Waals surface area contributed by atoms with E-state index in [-0.39, 0.29) is 17.5 Å². The van der Waals surface area contributed by atoms with E-state index in [1.165, 1.54) is 6.92 Å². The van der Waals surface area contributed by atoms with Gasteiger partial charge in [0.15, 0.2) is 11.6 Å². The van der Waals surface area contributed by atoms with Crippen molar-refractivity contribution in [1.29, 1.82) is 0 Å². The molecular formula is C18H19FN2O2. The van der Waals surface area contributed by atoms with Crippen LogP contribution in [-0.2, 0) is 11.2 Å². The number of benzene rings is 2. The molecule has 1 amide bonds. The fourth-order valence-electron chi connectivity index (χ4n) is 3.10. The monoisotopic (exact) mass is 314 g/mol. The summed E-state index contributed by atoms with van der Waals surface area (Å²) in [5.41, 5.74) is 2.51. The Balaban J connectivity index is 2.15. The Morgan fingerprint density at radius 1 is 1.35 bits per heavy atom. The van der Waals surface area contributed by atoms with E-state index in [4.69, 9.17) is 0 Å². The number of nitrogens with one attached hydrogen (secondary N) is 2. The van der Waals surface area contributed by atoms with Crippen LogP contribution in [0.5, 0.6) is 5.75 Å². The molecule has 1 aliphatic heterocycles. The van der Waals surface area contributed by atoms with E-state index in [9.17, 15) is 14.3 Å². The van der Waals surface area contributed by atoms with Crippen molar-refractivity contribution in [2.24, 2.45) is 0 Å². The highest BCUT2D eigenvalue weighted by atomic mass is 19.1. The Morgan fingerprint density at radius 2 is 2.09 bits per heavy atom. The molecule has 0 saturated carbocycles. The van der Waals surface area contributed by atoms with Crippen molar-refractivity contribution in [2.75, 3.05) is 18.4 Å². The van der Waals surface area contributed by atoms with Gasteiger partial charge in [-0.15, -0.1) is 0 Å². The van der Waals surface area contributed by atoms with Crippen molar-refractivity contribution in [2.45, 2.75) is 19.3 Å². The van der Waals surface area contributed by atoms with E-state index in [1.54, 1.807) is 6.07 Å². The molecule has 1 heterocycles. The van der Waals surface area contributed by atoms with Gasteiger partial charge in [0.1, 0.15) is 0 Å². The number of anilines is 1. The Morgan fingerprint density at radius 3 is 2.78 bits per heavy atom. The fraction of sp³-hybridized carbons (Fsp3) is 0.278. The number of carbonyl (C=O) groups is 1. The quantitative estimate of drug-likeness (QED) is 0.747. The average molecular weight is 314 g/mol. The van der Waals surface area contributed by atoms with E-state index in [1.807, 2.05) is 30.3 Å². The van der Waals surface area contributed by atoms with Gasteiger partial charge < -0.3 is 15.7 Å². The number of phenolic OH excluding ortho intramolecular Hbond substituents is 1. The number of halogens is 1. The molecule has 1 atom stereocenters. The molecule has 0 spiro atoms. The van der Waals surface area contributed by atoms with Crippen LogP contribution in [0.2, 0.25) is 0 Å². The average Bonchev–Trinajstić information content (AvgIpc) is 2.75. The van der Waals surface area contributed by atoms with Gasteiger partial charge in [-0.25, -0.2) is 4.39 Å². The normalized spacial score (nSPS) is 17.2. The maximum atomic E-state index is 14.6. The van der Waals surface area contributed by atoms with Crippen LogP contribution < -0.4 is 10.6 Å². The Labute approximate surface area is 134 Å². The van der Waals surface area contributed by atoms with E-state index in [0.717, 1.165) is 11.1 Å². The van der Waals surface area contributed by atoms with E-state index < -0.39 is 11.6 Å². The molecule has 0 saturated heterocycles. The highest BCUT2D eigenvalue weighted by Gasteiger charge is 2.26. The summed E-state index contributed by atoms with van der Waals surface area (Å²) in [6.45, 7) is 2.66. The number of hydrogen-bond donors (Lipinski definition) is 3. The first kappa shape index (κ1) is 15.5. The second-order valence-electron chi connectivity index (χ2n) is 5.75. The topological polar surface area (TPSA) is 61.4 Å². The van der Waals surface area contributed by atoms with Crippen LogP contribution in [0.3, 0.4) is 0 Å². The first-order chi connectivity index (χ1) is 11.1. The SMILES string of the molecule is CC(=O)Nc1cc2c(c(F)c1O)CCNCC2c1ccccc1. The zero-order chi connectivity index (χ0) is 16.4. The highest BCUT2D eigenvalue weighted by molar-refractivity contribution is 5.90. The molecule has 3 rings (SSSR count). The second kappa shape index (κ2) is 6.38. The van der Waals surface area contributed by atoms with Crippen molar-refractivity contribution >= 4 is 11.6 Å². The summed E-state index contributed by atoms with van der Waals surface area (Å²) in [4.78, 5) is 11.3. The van der Waals surface area contributed by atoms with Crippen molar-refractivity contribution in [1.82, 2.24) is 5.32 Å². The summed E-state index contributed by atoms with van der Waals surface area (Å²) in [6.07, 6.45) is 0.498. The molecule has 2 aromatic rings. The number of hydrogen-bond acceptors (Lipinski definition) is 3. The highest BCUT2D eigenvalue weighted by Crippen LogP contribution is 2.38. The first-order valence-corrected chi connectivity index (χ1v) is 7.65. The Bertz CT molecular complexity index is 732. The fourth-order valence-corrected chi connectivity index (χ4v) is 3.10. The van der Waals surface area contributed by atoms with Gasteiger partial charge in [-0.05, 0) is 35.7 Å². The summed E-state index contributed by atoms with van der Waals surface area (Å²) in [7, 11) is 0. The minimum atomic E-state index is -0.643. The van der Waals surface area contributed by atoms with Crippen LogP contribution in [0, 0.1) is 5.82 Å². The van der Waals surface area contributed by atoms with Crippen LogP contribution in [0.15, 0.2) is 36.4 Å². The number of aromatic hydroxyl groups is 1. The largest absolute Gasteiger partial charge is 0.503 e. The third kappa shape index (κ3) is 3.05.